The van der Waals surface area contributed by atoms with Crippen molar-refractivity contribution in [2.45, 2.75) is 13.8 Å². The van der Waals surface area contributed by atoms with Gasteiger partial charge in [0.15, 0.2) is 0 Å². The van der Waals surface area contributed by atoms with E-state index in [9.17, 15) is 9.18 Å². The molecule has 146 valence electrons. The Bertz CT molecular complexity index is 969. The van der Waals surface area contributed by atoms with E-state index in [1.54, 1.807) is 28.8 Å². The van der Waals surface area contributed by atoms with Gasteiger partial charge >= 0.3 is 0 Å². The minimum Gasteiger partial charge on any atom is -0.492 e. The van der Waals surface area contributed by atoms with Crippen LogP contribution < -0.4 is 4.74 Å². The first kappa shape index (κ1) is 20.1. The molecular formula is C21H21BrFN3O2. The van der Waals surface area contributed by atoms with Gasteiger partial charge in [-0.3, -0.25) is 4.79 Å². The Morgan fingerprint density at radius 1 is 1.14 bits per heavy atom. The van der Waals surface area contributed by atoms with Crippen LogP contribution in [0.3, 0.4) is 0 Å². The van der Waals surface area contributed by atoms with E-state index in [4.69, 9.17) is 4.74 Å². The van der Waals surface area contributed by atoms with E-state index in [0.29, 0.717) is 30.2 Å². The highest BCUT2D eigenvalue weighted by Gasteiger charge is 2.22. The van der Waals surface area contributed by atoms with E-state index in [1.165, 1.54) is 12.1 Å². The van der Waals surface area contributed by atoms with Crippen LogP contribution in [0.2, 0.25) is 0 Å². The molecule has 0 spiro atoms. The van der Waals surface area contributed by atoms with Crippen molar-refractivity contribution in [1.29, 1.82) is 0 Å². The minimum atomic E-state index is -0.312. The number of nitrogens with zero attached hydrogens (tertiary/aromatic N) is 3. The molecule has 0 saturated carbocycles. The summed E-state index contributed by atoms with van der Waals surface area (Å²) in [6.07, 6.45) is 0. The molecule has 7 heteroatoms. The number of halogens is 2. The van der Waals surface area contributed by atoms with E-state index in [-0.39, 0.29) is 11.7 Å². The highest BCUT2D eigenvalue weighted by atomic mass is 79.9. The summed E-state index contributed by atoms with van der Waals surface area (Å²) in [5.74, 6) is 0.145. The van der Waals surface area contributed by atoms with Crippen molar-refractivity contribution in [2.24, 2.45) is 0 Å². The number of benzene rings is 2. The van der Waals surface area contributed by atoms with Crippen molar-refractivity contribution in [2.75, 3.05) is 20.2 Å². The molecule has 3 aromatic rings. The van der Waals surface area contributed by atoms with E-state index < -0.39 is 0 Å². The first-order valence-electron chi connectivity index (χ1n) is 8.83. The van der Waals surface area contributed by atoms with Crippen LogP contribution in [-0.4, -0.2) is 40.8 Å². The highest BCUT2D eigenvalue weighted by Crippen LogP contribution is 2.21. The van der Waals surface area contributed by atoms with E-state index in [0.717, 1.165) is 15.9 Å². The number of aromatic nitrogens is 2. The van der Waals surface area contributed by atoms with Gasteiger partial charge in [-0.05, 0) is 62.4 Å². The van der Waals surface area contributed by atoms with Crippen molar-refractivity contribution in [1.82, 2.24) is 14.7 Å². The number of aryl methyl sites for hydroxylation is 1. The highest BCUT2D eigenvalue weighted by molar-refractivity contribution is 9.10. The molecule has 1 aromatic heterocycles. The molecule has 0 radical (unpaired) electrons. The molecule has 0 aliphatic carbocycles. The van der Waals surface area contributed by atoms with Gasteiger partial charge in [0, 0.05) is 11.5 Å². The fourth-order valence-corrected chi connectivity index (χ4v) is 3.17. The van der Waals surface area contributed by atoms with E-state index in [2.05, 4.69) is 21.0 Å². The zero-order valence-electron chi connectivity index (χ0n) is 15.9. The molecule has 0 saturated heterocycles. The second-order valence-electron chi connectivity index (χ2n) is 6.46. The van der Waals surface area contributed by atoms with Gasteiger partial charge in [0.1, 0.15) is 18.2 Å². The monoisotopic (exact) mass is 445 g/mol. The maximum atomic E-state index is 12.9. The number of likely N-dealkylation sites (N-methyl/N-ethyl adjacent to an activating group) is 1. The second-order valence-corrected chi connectivity index (χ2v) is 7.38. The SMILES string of the molecule is Cc1nn(-c2ccc(Br)cc2)c(C)c1C(=O)N(C)CCOc1ccc(F)cc1. The molecule has 0 N–H and O–H groups in total. The molecule has 1 heterocycles. The van der Waals surface area contributed by atoms with Crippen LogP contribution in [-0.2, 0) is 0 Å². The smallest absolute Gasteiger partial charge is 0.257 e. The Morgan fingerprint density at radius 2 is 1.79 bits per heavy atom. The predicted molar refractivity (Wildman–Crippen MR) is 110 cm³/mol. The molecule has 0 unspecified atom stereocenters. The maximum Gasteiger partial charge on any atom is 0.257 e. The Labute approximate surface area is 171 Å². The van der Waals surface area contributed by atoms with Crippen LogP contribution in [0.4, 0.5) is 4.39 Å². The molecule has 0 fully saturated rings. The lowest BCUT2D eigenvalue weighted by atomic mass is 10.1. The van der Waals surface area contributed by atoms with Gasteiger partial charge in [0.05, 0.1) is 29.2 Å². The molecule has 1 amide bonds. The minimum absolute atomic E-state index is 0.110. The number of hydrogen-bond donors (Lipinski definition) is 0. The molecule has 3 rings (SSSR count). The van der Waals surface area contributed by atoms with Crippen molar-refractivity contribution in [3.8, 4) is 11.4 Å². The first-order valence-corrected chi connectivity index (χ1v) is 9.62. The molecule has 0 bridgehead atoms. The Morgan fingerprint density at radius 3 is 2.43 bits per heavy atom. The standard InChI is InChI=1S/C21H21BrFN3O2/c1-14-20(15(2)26(24-14)18-8-4-16(22)5-9-18)21(27)25(3)12-13-28-19-10-6-17(23)7-11-19/h4-11H,12-13H2,1-3H3. The van der Waals surface area contributed by atoms with E-state index >= 15 is 0 Å². The zero-order valence-corrected chi connectivity index (χ0v) is 17.5. The largest absolute Gasteiger partial charge is 0.492 e. The van der Waals surface area contributed by atoms with Gasteiger partial charge in [0.2, 0.25) is 0 Å². The third-order valence-corrected chi connectivity index (χ3v) is 4.96. The summed E-state index contributed by atoms with van der Waals surface area (Å²) in [6, 6.07) is 13.6. The summed E-state index contributed by atoms with van der Waals surface area (Å²) >= 11 is 3.42. The molecule has 28 heavy (non-hydrogen) atoms. The van der Waals surface area contributed by atoms with Crippen molar-refractivity contribution in [3.05, 3.63) is 75.8 Å². The molecule has 2 aromatic carbocycles. The molecule has 0 aliphatic heterocycles. The third-order valence-electron chi connectivity index (χ3n) is 4.43. The Hall–Kier alpha value is -2.67. The summed E-state index contributed by atoms with van der Waals surface area (Å²) in [5, 5.41) is 4.54. The Kier molecular flexibility index (Phi) is 6.14. The lowest BCUT2D eigenvalue weighted by Gasteiger charge is -2.18. The fraction of sp³-hybridized carbons (Fsp3) is 0.238. The van der Waals surface area contributed by atoms with Gasteiger partial charge in [-0.1, -0.05) is 15.9 Å². The van der Waals surface area contributed by atoms with Crippen LogP contribution in [0.1, 0.15) is 21.7 Å². The number of rotatable bonds is 6. The van der Waals surface area contributed by atoms with Crippen LogP contribution in [0, 0.1) is 19.7 Å². The zero-order chi connectivity index (χ0) is 20.3. The number of carbonyl (C=O) groups excluding carboxylic acids is 1. The topological polar surface area (TPSA) is 47.4 Å². The molecule has 5 nitrogen and oxygen atoms in total. The summed E-state index contributed by atoms with van der Waals surface area (Å²) in [4.78, 5) is 14.5. The Balaban J connectivity index is 1.69. The fourth-order valence-electron chi connectivity index (χ4n) is 2.91. The normalized spacial score (nSPS) is 10.8. The number of carbonyl (C=O) groups is 1. The summed E-state index contributed by atoms with van der Waals surface area (Å²) < 4.78 is 21.3. The predicted octanol–water partition coefficient (Wildman–Crippen LogP) is 4.54. The van der Waals surface area contributed by atoms with Crippen LogP contribution >= 0.6 is 15.9 Å². The van der Waals surface area contributed by atoms with Gasteiger partial charge in [-0.2, -0.15) is 5.10 Å². The quantitative estimate of drug-likeness (QED) is 0.559. The van der Waals surface area contributed by atoms with Crippen molar-refractivity contribution < 1.29 is 13.9 Å². The summed E-state index contributed by atoms with van der Waals surface area (Å²) in [7, 11) is 1.73. The molecule has 0 aliphatic rings. The average molecular weight is 446 g/mol. The number of hydrogen-bond acceptors (Lipinski definition) is 3. The van der Waals surface area contributed by atoms with Crippen LogP contribution in [0.15, 0.2) is 53.0 Å². The second kappa shape index (κ2) is 8.56. The van der Waals surface area contributed by atoms with Crippen LogP contribution in [0.5, 0.6) is 5.75 Å². The van der Waals surface area contributed by atoms with Gasteiger partial charge < -0.3 is 9.64 Å². The third kappa shape index (κ3) is 4.42. The van der Waals surface area contributed by atoms with Gasteiger partial charge in [-0.25, -0.2) is 9.07 Å². The van der Waals surface area contributed by atoms with Crippen molar-refractivity contribution >= 4 is 21.8 Å². The van der Waals surface area contributed by atoms with Gasteiger partial charge in [-0.15, -0.1) is 0 Å². The van der Waals surface area contributed by atoms with E-state index in [1.807, 2.05) is 38.1 Å². The van der Waals surface area contributed by atoms with Crippen molar-refractivity contribution in [3.63, 3.8) is 0 Å². The lowest BCUT2D eigenvalue weighted by molar-refractivity contribution is 0.0772. The summed E-state index contributed by atoms with van der Waals surface area (Å²) in [6.45, 7) is 4.43. The number of amides is 1. The first-order chi connectivity index (χ1) is 13.4. The molecular weight excluding hydrogens is 425 g/mol. The maximum absolute atomic E-state index is 12.9. The molecule has 0 atom stereocenters. The summed E-state index contributed by atoms with van der Waals surface area (Å²) in [5.41, 5.74) is 2.95. The average Bonchev–Trinajstić information content (AvgIpc) is 2.97. The number of ether oxygens (including phenoxy) is 1. The lowest BCUT2D eigenvalue weighted by Crippen LogP contribution is -2.31. The van der Waals surface area contributed by atoms with Crippen LogP contribution in [0.25, 0.3) is 5.69 Å². The van der Waals surface area contributed by atoms with Gasteiger partial charge in [0.25, 0.3) is 5.91 Å².